The van der Waals surface area contributed by atoms with Gasteiger partial charge in [-0.1, -0.05) is 140 Å². The van der Waals surface area contributed by atoms with Gasteiger partial charge in [0.05, 0.1) is 5.71 Å². The Kier molecular flexibility index (Phi) is 8.25. The predicted octanol–water partition coefficient (Wildman–Crippen LogP) is 11.3. The van der Waals surface area contributed by atoms with Crippen molar-refractivity contribution in [3.63, 3.8) is 0 Å². The lowest BCUT2D eigenvalue weighted by Gasteiger charge is -2.14. The van der Waals surface area contributed by atoms with Crippen LogP contribution in [0.3, 0.4) is 0 Å². The van der Waals surface area contributed by atoms with E-state index in [4.69, 9.17) is 4.99 Å². The Morgan fingerprint density at radius 3 is 1.85 bits per heavy atom. The molecule has 0 aliphatic rings. The van der Waals surface area contributed by atoms with Gasteiger partial charge in [-0.05, 0) is 91.2 Å². The van der Waals surface area contributed by atoms with E-state index < -0.39 is 0 Å². The number of rotatable bonds is 8. The average molecular weight is 589 g/mol. The van der Waals surface area contributed by atoms with Crippen molar-refractivity contribution in [1.82, 2.24) is 4.98 Å². The lowest BCUT2D eigenvalue weighted by atomic mass is 9.91. The zero-order chi connectivity index (χ0) is 31.1. The molecule has 0 spiro atoms. The van der Waals surface area contributed by atoms with Crippen molar-refractivity contribution in [3.8, 4) is 33.4 Å². The Bertz CT molecular complexity index is 2190. The molecule has 0 unspecified atom stereocenters. The van der Waals surface area contributed by atoms with Crippen LogP contribution in [0.1, 0.15) is 16.7 Å². The summed E-state index contributed by atoms with van der Waals surface area (Å²) in [5, 5.41) is 2.46. The summed E-state index contributed by atoms with van der Waals surface area (Å²) in [5.41, 5.74) is 12.0. The van der Waals surface area contributed by atoms with Gasteiger partial charge in [0.25, 0.3) is 0 Å². The van der Waals surface area contributed by atoms with Crippen LogP contribution in [0.25, 0.3) is 49.7 Å². The number of hydrogen-bond donors (Lipinski definition) is 0. The van der Waals surface area contributed by atoms with E-state index in [1.807, 2.05) is 18.3 Å². The Balaban J connectivity index is 1.35. The smallest absolute Gasteiger partial charge is 0.0708 e. The van der Waals surface area contributed by atoms with E-state index in [1.165, 1.54) is 21.9 Å². The highest BCUT2D eigenvalue weighted by atomic mass is 14.7. The van der Waals surface area contributed by atoms with E-state index in [9.17, 15) is 0 Å². The van der Waals surface area contributed by atoms with Gasteiger partial charge >= 0.3 is 0 Å². The van der Waals surface area contributed by atoms with Gasteiger partial charge in [-0.2, -0.15) is 0 Å². The molecule has 0 saturated heterocycles. The highest BCUT2D eigenvalue weighted by Crippen LogP contribution is 2.32. The largest absolute Gasteiger partial charge is 0.264 e. The van der Waals surface area contributed by atoms with Crippen LogP contribution in [0.4, 0.5) is 0 Å². The third-order valence-corrected chi connectivity index (χ3v) is 8.22. The highest BCUT2D eigenvalue weighted by molar-refractivity contribution is 6.14. The van der Waals surface area contributed by atoms with Crippen LogP contribution in [0.15, 0.2) is 194 Å². The molecule has 0 fully saturated rings. The molecule has 0 bridgehead atoms. The Labute approximate surface area is 270 Å². The second-order valence-corrected chi connectivity index (χ2v) is 11.2. The van der Waals surface area contributed by atoms with E-state index in [-0.39, 0.29) is 0 Å². The van der Waals surface area contributed by atoms with Crippen molar-refractivity contribution >= 4 is 22.1 Å². The van der Waals surface area contributed by atoms with Crippen LogP contribution in [-0.4, -0.2) is 10.7 Å². The van der Waals surface area contributed by atoms with E-state index in [1.54, 1.807) is 12.4 Å². The molecule has 7 rings (SSSR count). The van der Waals surface area contributed by atoms with Crippen LogP contribution in [0, 0.1) is 0 Å². The third-order valence-electron chi connectivity index (χ3n) is 8.22. The summed E-state index contributed by atoms with van der Waals surface area (Å²) in [6.07, 6.45) is 7.50. The summed E-state index contributed by atoms with van der Waals surface area (Å²) in [5.74, 6) is 0. The molecule has 218 valence electrons. The van der Waals surface area contributed by atoms with Crippen molar-refractivity contribution < 1.29 is 0 Å². The average Bonchev–Trinajstić information content (AvgIpc) is 3.14. The second-order valence-electron chi connectivity index (χ2n) is 11.2. The minimum absolute atomic E-state index is 0.843. The van der Waals surface area contributed by atoms with Crippen molar-refractivity contribution in [1.29, 1.82) is 0 Å². The van der Waals surface area contributed by atoms with Crippen LogP contribution >= 0.6 is 0 Å². The lowest BCUT2D eigenvalue weighted by Crippen LogP contribution is -2.00. The predicted molar refractivity (Wildman–Crippen MR) is 195 cm³/mol. The number of allylic oxidation sites excluding steroid dienone is 1. The fraction of sp³-hybridized carbons (Fsp3) is 0. The van der Waals surface area contributed by atoms with E-state index >= 15 is 0 Å². The molecule has 7 aromatic rings. The number of aromatic nitrogens is 1. The summed E-state index contributed by atoms with van der Waals surface area (Å²) in [6.45, 7) is 3.96. The van der Waals surface area contributed by atoms with Gasteiger partial charge in [-0.25, -0.2) is 0 Å². The van der Waals surface area contributed by atoms with Crippen LogP contribution < -0.4 is 0 Å². The maximum Gasteiger partial charge on any atom is 0.0708 e. The Morgan fingerprint density at radius 2 is 1.09 bits per heavy atom. The summed E-state index contributed by atoms with van der Waals surface area (Å²) >= 11 is 0. The molecule has 0 atom stereocenters. The van der Waals surface area contributed by atoms with Crippen LogP contribution in [-0.2, 0) is 0 Å². The summed E-state index contributed by atoms with van der Waals surface area (Å²) in [4.78, 5) is 9.11. The third kappa shape index (κ3) is 6.24. The number of aliphatic imine (C=N–C) groups is 1. The van der Waals surface area contributed by atoms with Gasteiger partial charge in [-0.15, -0.1) is 0 Å². The van der Waals surface area contributed by atoms with E-state index in [0.29, 0.717) is 0 Å². The van der Waals surface area contributed by atoms with Crippen molar-refractivity contribution in [2.75, 3.05) is 0 Å². The zero-order valence-corrected chi connectivity index (χ0v) is 25.4. The summed E-state index contributed by atoms with van der Waals surface area (Å²) in [6, 6.07) is 55.6. The zero-order valence-electron chi connectivity index (χ0n) is 25.4. The fourth-order valence-electron chi connectivity index (χ4n) is 5.86. The first-order valence-electron chi connectivity index (χ1n) is 15.4. The van der Waals surface area contributed by atoms with E-state index in [0.717, 1.165) is 50.2 Å². The quantitative estimate of drug-likeness (QED) is 0.162. The summed E-state index contributed by atoms with van der Waals surface area (Å²) < 4.78 is 0. The van der Waals surface area contributed by atoms with Gasteiger partial charge < -0.3 is 0 Å². The first-order chi connectivity index (χ1) is 22.7. The SMILES string of the molecule is C=CN=C(/C=C(/c1ccc(-c2cccnc2)cc1)c1cccc(-c2ccc3ccccc3c2)c1)c1cccc(-c2ccccc2)c1. The number of hydrogen-bond acceptors (Lipinski definition) is 2. The molecular weight excluding hydrogens is 556 g/mol. The van der Waals surface area contributed by atoms with Gasteiger partial charge in [-0.3, -0.25) is 9.98 Å². The first-order valence-corrected chi connectivity index (χ1v) is 15.4. The maximum atomic E-state index is 4.80. The topological polar surface area (TPSA) is 25.2 Å². The number of fused-ring (bicyclic) bond motifs is 1. The van der Waals surface area contributed by atoms with Gasteiger partial charge in [0, 0.05) is 24.2 Å². The molecule has 0 aliphatic heterocycles. The minimum Gasteiger partial charge on any atom is -0.264 e. The Hall–Kier alpha value is -6.12. The molecular formula is C44H32N2. The van der Waals surface area contributed by atoms with Crippen LogP contribution in [0.5, 0.6) is 0 Å². The highest BCUT2D eigenvalue weighted by Gasteiger charge is 2.12. The summed E-state index contributed by atoms with van der Waals surface area (Å²) in [7, 11) is 0. The van der Waals surface area contributed by atoms with Gasteiger partial charge in [0.15, 0.2) is 0 Å². The van der Waals surface area contributed by atoms with Gasteiger partial charge in [0.1, 0.15) is 0 Å². The van der Waals surface area contributed by atoms with Gasteiger partial charge in [0.2, 0.25) is 0 Å². The molecule has 2 nitrogen and oxygen atoms in total. The first kappa shape index (κ1) is 28.6. The minimum atomic E-state index is 0.843. The lowest BCUT2D eigenvalue weighted by molar-refractivity contribution is 1.33. The molecule has 0 amide bonds. The normalized spacial score (nSPS) is 11.8. The molecule has 0 saturated carbocycles. The molecule has 6 aromatic carbocycles. The standard InChI is InChI=1S/C44H32N2/c1-2-46-44(41-18-9-15-37(29-41)32-11-4-3-5-12-32)30-43(35-23-20-34(21-24-35)42-19-10-26-45-31-42)40-17-8-16-38(28-40)39-25-22-33-13-6-7-14-36(33)27-39/h2-31H,1H2/b43-30-,46-44?. The molecule has 0 N–H and O–H groups in total. The van der Waals surface area contributed by atoms with Crippen molar-refractivity contribution in [3.05, 3.63) is 206 Å². The second kappa shape index (κ2) is 13.3. The number of pyridine rings is 1. The molecule has 1 heterocycles. The van der Waals surface area contributed by atoms with E-state index in [2.05, 4.69) is 163 Å². The van der Waals surface area contributed by atoms with Crippen LogP contribution in [0.2, 0.25) is 0 Å². The Morgan fingerprint density at radius 1 is 0.478 bits per heavy atom. The maximum absolute atomic E-state index is 4.80. The molecule has 0 aliphatic carbocycles. The number of nitrogens with zero attached hydrogens (tertiary/aromatic N) is 2. The molecule has 0 radical (unpaired) electrons. The molecule has 46 heavy (non-hydrogen) atoms. The molecule has 2 heteroatoms. The van der Waals surface area contributed by atoms with Crippen molar-refractivity contribution in [2.45, 2.75) is 0 Å². The molecule has 1 aromatic heterocycles. The monoisotopic (exact) mass is 588 g/mol. The number of benzene rings is 6. The fourth-order valence-corrected chi connectivity index (χ4v) is 5.86. The van der Waals surface area contributed by atoms with Crippen molar-refractivity contribution in [2.24, 2.45) is 4.99 Å².